The molecule has 5 rings (SSSR count). The average Bonchev–Trinajstić information content (AvgIpc) is 3.29. The monoisotopic (exact) mass is 998 g/mol. The van der Waals surface area contributed by atoms with Crippen LogP contribution in [0.4, 0.5) is 0 Å². The number of carbonyl (C=O) groups excluding carboxylic acids is 2. The third-order valence-electron chi connectivity index (χ3n) is 12.1. The molecule has 5 aliphatic rings. The largest absolute Gasteiger partial charge is 0.477 e. The van der Waals surface area contributed by atoms with Gasteiger partial charge < -0.3 is 140 Å². The van der Waals surface area contributed by atoms with Crippen molar-refractivity contribution in [2.24, 2.45) is 0 Å². The summed E-state index contributed by atoms with van der Waals surface area (Å²) in [6.45, 7) is -3.11. The molecule has 1 unspecified atom stereocenters. The first kappa shape index (κ1) is 56.3. The second-order valence-corrected chi connectivity index (χ2v) is 16.9. The number of aliphatic carboxylic acids is 1. The lowest BCUT2D eigenvalue weighted by Gasteiger charge is -2.50. The van der Waals surface area contributed by atoms with Crippen LogP contribution >= 0.6 is 0 Å². The van der Waals surface area contributed by atoms with Crippen LogP contribution in [0.15, 0.2) is 0 Å². The zero-order chi connectivity index (χ0) is 50.7. The summed E-state index contributed by atoms with van der Waals surface area (Å²) >= 11 is 0. The van der Waals surface area contributed by atoms with E-state index in [1.54, 1.807) is 0 Å². The minimum absolute atomic E-state index is 0.778. The highest BCUT2D eigenvalue weighted by Gasteiger charge is 2.59. The molecule has 0 aromatic rings. The van der Waals surface area contributed by atoms with E-state index in [0.717, 1.165) is 13.8 Å². The van der Waals surface area contributed by atoms with Gasteiger partial charge in [0.25, 0.3) is 5.79 Å². The van der Waals surface area contributed by atoms with Crippen LogP contribution in [0.3, 0.4) is 0 Å². The second kappa shape index (κ2) is 23.8. The van der Waals surface area contributed by atoms with E-state index in [1.165, 1.54) is 0 Å². The van der Waals surface area contributed by atoms with Gasteiger partial charge in [-0.05, 0) is 0 Å². The molecule has 19 N–H and O–H groups in total. The number of amides is 2. The van der Waals surface area contributed by atoms with E-state index >= 15 is 0 Å². The van der Waals surface area contributed by atoms with Gasteiger partial charge in [-0.1, -0.05) is 0 Å². The van der Waals surface area contributed by atoms with Gasteiger partial charge in [-0.3, -0.25) is 9.59 Å². The normalized spacial score (nSPS) is 46.6. The highest BCUT2D eigenvalue weighted by Crippen LogP contribution is 2.37. The predicted molar refractivity (Wildman–Crippen MR) is 207 cm³/mol. The molecule has 2 amide bonds. The Morgan fingerprint density at radius 2 is 1.12 bits per heavy atom. The van der Waals surface area contributed by atoms with E-state index < -0.39 is 216 Å². The Morgan fingerprint density at radius 1 is 0.588 bits per heavy atom. The summed E-state index contributed by atoms with van der Waals surface area (Å²) in [6.07, 6.45) is -46.5. The molecule has 0 aliphatic carbocycles. The van der Waals surface area contributed by atoms with Crippen molar-refractivity contribution >= 4 is 17.8 Å². The van der Waals surface area contributed by atoms with Crippen LogP contribution < -0.4 is 10.6 Å². The fourth-order valence-electron chi connectivity index (χ4n) is 8.40. The van der Waals surface area contributed by atoms with E-state index in [1.807, 2.05) is 0 Å². The van der Waals surface area contributed by atoms with Gasteiger partial charge in [0.15, 0.2) is 25.2 Å². The minimum atomic E-state index is -2.96. The molecule has 0 bridgehead atoms. The maximum atomic E-state index is 12.7. The number of ether oxygens (including phenoxy) is 9. The Morgan fingerprint density at radius 3 is 1.69 bits per heavy atom. The number of hydrogen-bond donors (Lipinski definition) is 19. The van der Waals surface area contributed by atoms with Gasteiger partial charge in [-0.2, -0.15) is 0 Å². The predicted octanol–water partition coefficient (Wildman–Crippen LogP) is -12.4. The molecular formula is C37H62N2O29. The first-order valence-electron chi connectivity index (χ1n) is 21.2. The molecule has 5 aliphatic heterocycles. The van der Waals surface area contributed by atoms with Gasteiger partial charge in [-0.25, -0.2) is 4.79 Å². The van der Waals surface area contributed by atoms with Gasteiger partial charge >= 0.3 is 5.97 Å². The number of hydrogen-bond acceptors (Lipinski definition) is 28. The molecule has 394 valence electrons. The van der Waals surface area contributed by atoms with Crippen molar-refractivity contribution in [2.75, 3.05) is 33.0 Å². The highest BCUT2D eigenvalue weighted by atomic mass is 16.8. The van der Waals surface area contributed by atoms with Crippen molar-refractivity contribution in [3.63, 3.8) is 0 Å². The lowest BCUT2D eigenvalue weighted by molar-refractivity contribution is -0.388. The summed E-state index contributed by atoms with van der Waals surface area (Å²) in [5.74, 6) is -6.58. The van der Waals surface area contributed by atoms with Crippen LogP contribution in [-0.4, -0.2) is 297 Å². The van der Waals surface area contributed by atoms with E-state index in [2.05, 4.69) is 10.6 Å². The minimum Gasteiger partial charge on any atom is -0.477 e. The first-order valence-corrected chi connectivity index (χ1v) is 21.2. The van der Waals surface area contributed by atoms with Gasteiger partial charge in [0.1, 0.15) is 116 Å². The van der Waals surface area contributed by atoms with Gasteiger partial charge in [0, 0.05) is 20.3 Å². The van der Waals surface area contributed by atoms with E-state index in [-0.39, 0.29) is 0 Å². The quantitative estimate of drug-likeness (QED) is 0.0606. The Kier molecular flexibility index (Phi) is 19.7. The average molecular weight is 999 g/mol. The lowest BCUT2D eigenvalue weighted by atomic mass is 9.88. The molecule has 5 saturated heterocycles. The van der Waals surface area contributed by atoms with E-state index in [4.69, 9.17) is 42.6 Å². The van der Waals surface area contributed by atoms with Crippen molar-refractivity contribution in [1.82, 2.24) is 10.6 Å². The van der Waals surface area contributed by atoms with Crippen LogP contribution in [0.5, 0.6) is 0 Å². The molecule has 0 saturated carbocycles. The zero-order valence-corrected chi connectivity index (χ0v) is 36.2. The SMILES string of the molecule is CC(=O)N[C@H]1[C@H](O[C@@H]2[C@@H](O[C@H]3[C@H](O)[C@@H](CO)OC(O)[C@H]3O)O[C@H](CO)[C@@H](O)[C@@H]2O)O[C@H](CO)[C@@H](O[C@@H]2O[C@H](CO[C@]3(C(=O)O)C[C@H](O)[C@@H](NC(C)=O)[C@H]([C@H](O)[C@H](O)CO)O3)[C@H](O)[C@H](O)[C@H]2O)[C@@H]1O. The standard InChI is InChI=1S/C37H62N2O29/c1-9(44)38-17-11(46)3-37(36(58)59,68-29(17)19(48)12(47)4-40)60-8-16-21(50)24(53)26(55)34(64-16)65-28-15(7-43)63-33(18(23(28)52)39-10(2)45)67-31-25(54)20(49)13(5-41)62-35(31)66-30-22(51)14(6-42)61-32(57)27(30)56/h11-35,40-43,46-57H,3-8H2,1-2H3,(H,38,44)(H,39,45)(H,58,59)/t11-,12+,13+,14+,15+,16+,17+,18+,19+,20+,21-,22+,23+,24-,25-,26+,27-,28+,29+,30-,31-,32?,33-,34-,35+,37+/m0/s1. The number of carbonyl (C=O) groups is 3. The van der Waals surface area contributed by atoms with Gasteiger partial charge in [0.05, 0.1) is 45.2 Å². The fourth-order valence-corrected chi connectivity index (χ4v) is 8.40. The molecule has 0 aromatic carbocycles. The van der Waals surface area contributed by atoms with Crippen LogP contribution in [0.2, 0.25) is 0 Å². The summed E-state index contributed by atoms with van der Waals surface area (Å²) in [4.78, 5) is 37.1. The second-order valence-electron chi connectivity index (χ2n) is 16.9. The molecule has 0 spiro atoms. The molecule has 5 fully saturated rings. The molecule has 0 radical (unpaired) electrons. The molecule has 31 heteroatoms. The molecule has 0 aromatic heterocycles. The van der Waals surface area contributed by atoms with Crippen LogP contribution in [0, 0.1) is 0 Å². The highest BCUT2D eigenvalue weighted by molar-refractivity contribution is 5.76. The zero-order valence-electron chi connectivity index (χ0n) is 36.2. The number of rotatable bonds is 18. The summed E-state index contributed by atoms with van der Waals surface area (Å²) in [6, 6.07) is -3.40. The van der Waals surface area contributed by atoms with Crippen molar-refractivity contribution in [1.29, 1.82) is 0 Å². The van der Waals surface area contributed by atoms with Crippen molar-refractivity contribution in [2.45, 2.75) is 179 Å². The maximum Gasteiger partial charge on any atom is 0.364 e. The molecule has 5 heterocycles. The Hall–Kier alpha value is -2.59. The van der Waals surface area contributed by atoms with Crippen molar-refractivity contribution in [3.8, 4) is 0 Å². The number of aliphatic hydroxyl groups excluding tert-OH is 16. The van der Waals surface area contributed by atoms with Gasteiger partial charge in [0.2, 0.25) is 11.8 Å². The molecular weight excluding hydrogens is 936 g/mol. The summed E-state index contributed by atoms with van der Waals surface area (Å²) in [5, 5.41) is 184. The summed E-state index contributed by atoms with van der Waals surface area (Å²) < 4.78 is 50.5. The van der Waals surface area contributed by atoms with Gasteiger partial charge in [-0.15, -0.1) is 0 Å². The molecule has 26 atom stereocenters. The topological polar surface area (TPSA) is 502 Å². The fraction of sp³-hybridized carbons (Fsp3) is 0.919. The number of carboxylic acids is 1. The van der Waals surface area contributed by atoms with E-state index in [0.29, 0.717) is 0 Å². The molecule has 68 heavy (non-hydrogen) atoms. The number of carboxylic acid groups (broad SMARTS) is 1. The Balaban J connectivity index is 1.37. The van der Waals surface area contributed by atoms with Crippen molar-refractivity contribution < 1.29 is 144 Å². The molecule has 31 nitrogen and oxygen atoms in total. The summed E-state index contributed by atoms with van der Waals surface area (Å²) in [7, 11) is 0. The first-order chi connectivity index (χ1) is 31.9. The smallest absolute Gasteiger partial charge is 0.364 e. The van der Waals surface area contributed by atoms with E-state index in [9.17, 15) is 101 Å². The Bertz CT molecular complexity index is 1660. The number of aliphatic hydroxyl groups is 16. The van der Waals surface area contributed by atoms with Crippen LogP contribution in [0.25, 0.3) is 0 Å². The maximum absolute atomic E-state index is 12.7. The number of nitrogens with one attached hydrogen (secondary N) is 2. The lowest BCUT2D eigenvalue weighted by Crippen LogP contribution is -2.70. The Labute approximate surface area is 384 Å². The van der Waals surface area contributed by atoms with Crippen LogP contribution in [0.1, 0.15) is 20.3 Å². The van der Waals surface area contributed by atoms with Crippen LogP contribution in [-0.2, 0) is 57.0 Å². The summed E-state index contributed by atoms with van der Waals surface area (Å²) in [5.41, 5.74) is 0. The third-order valence-corrected chi connectivity index (χ3v) is 12.1. The van der Waals surface area contributed by atoms with Crippen molar-refractivity contribution in [3.05, 3.63) is 0 Å². The third kappa shape index (κ3) is 12.0.